The van der Waals surface area contributed by atoms with Crippen molar-refractivity contribution in [3.63, 3.8) is 0 Å². The molecular formula is C14H18INO. The van der Waals surface area contributed by atoms with Crippen LogP contribution in [0.2, 0.25) is 0 Å². The Kier molecular flexibility index (Phi) is 3.00. The van der Waals surface area contributed by atoms with Gasteiger partial charge >= 0.3 is 0 Å². The Morgan fingerprint density at radius 3 is 2.29 bits per heavy atom. The van der Waals surface area contributed by atoms with Crippen molar-refractivity contribution in [1.82, 2.24) is 0 Å². The summed E-state index contributed by atoms with van der Waals surface area (Å²) < 4.78 is 1.13. The monoisotopic (exact) mass is 343 g/mol. The van der Waals surface area contributed by atoms with Crippen LogP contribution in [0.4, 0.5) is 5.69 Å². The fourth-order valence-electron chi connectivity index (χ4n) is 2.63. The molecule has 0 radical (unpaired) electrons. The average molecular weight is 343 g/mol. The highest BCUT2D eigenvalue weighted by Gasteiger charge is 2.68. The maximum atomic E-state index is 12.2. The first-order valence-corrected chi connectivity index (χ1v) is 6.91. The minimum Gasteiger partial charge on any atom is -0.326 e. The summed E-state index contributed by atoms with van der Waals surface area (Å²) in [6.45, 7) is 8.63. The number of amides is 1. The van der Waals surface area contributed by atoms with Crippen molar-refractivity contribution < 1.29 is 4.79 Å². The highest BCUT2D eigenvalue weighted by atomic mass is 127. The predicted molar refractivity (Wildman–Crippen MR) is 78.8 cm³/mol. The van der Waals surface area contributed by atoms with E-state index in [1.54, 1.807) is 0 Å². The molecule has 0 bridgehead atoms. The van der Waals surface area contributed by atoms with Crippen molar-refractivity contribution in [2.45, 2.75) is 27.7 Å². The van der Waals surface area contributed by atoms with Gasteiger partial charge in [0.1, 0.15) is 0 Å². The molecule has 1 amide bonds. The smallest absolute Gasteiger partial charge is 0.228 e. The highest BCUT2D eigenvalue weighted by Crippen LogP contribution is 2.68. The summed E-state index contributed by atoms with van der Waals surface area (Å²) in [5, 5.41) is 3.01. The van der Waals surface area contributed by atoms with Crippen molar-refractivity contribution in [3.05, 3.63) is 27.8 Å². The van der Waals surface area contributed by atoms with Crippen molar-refractivity contribution in [3.8, 4) is 0 Å². The number of hydrogen-bond donors (Lipinski definition) is 1. The van der Waals surface area contributed by atoms with E-state index < -0.39 is 0 Å². The summed E-state index contributed by atoms with van der Waals surface area (Å²) in [5.74, 6) is 0.245. The standard InChI is InChI=1S/C14H18INO/c1-13(2)11(14(13,3)4)12(17)16-10-7-5-6-9(15)8-10/h5-8,11H,1-4H3,(H,16,17). The molecule has 17 heavy (non-hydrogen) atoms. The highest BCUT2D eigenvalue weighted by molar-refractivity contribution is 14.1. The van der Waals surface area contributed by atoms with E-state index in [0.717, 1.165) is 9.26 Å². The van der Waals surface area contributed by atoms with E-state index in [4.69, 9.17) is 0 Å². The van der Waals surface area contributed by atoms with Crippen LogP contribution in [-0.2, 0) is 4.79 Å². The maximum Gasteiger partial charge on any atom is 0.228 e. The molecule has 1 fully saturated rings. The largest absolute Gasteiger partial charge is 0.326 e. The van der Waals surface area contributed by atoms with Crippen LogP contribution < -0.4 is 5.32 Å². The molecule has 1 aromatic rings. The summed E-state index contributed by atoms with van der Waals surface area (Å²) in [6.07, 6.45) is 0. The molecule has 1 aromatic carbocycles. The van der Waals surface area contributed by atoms with E-state index in [2.05, 4.69) is 55.6 Å². The fraction of sp³-hybridized carbons (Fsp3) is 0.500. The van der Waals surface area contributed by atoms with Crippen LogP contribution in [-0.4, -0.2) is 5.91 Å². The van der Waals surface area contributed by atoms with Gasteiger partial charge in [0.2, 0.25) is 5.91 Å². The second-order valence-corrected chi connectivity index (χ2v) is 7.12. The van der Waals surface area contributed by atoms with Gasteiger partial charge in [-0.2, -0.15) is 0 Å². The third-order valence-corrected chi connectivity index (χ3v) is 5.05. The molecule has 0 atom stereocenters. The van der Waals surface area contributed by atoms with Gasteiger partial charge in [0, 0.05) is 15.2 Å². The number of benzene rings is 1. The van der Waals surface area contributed by atoms with E-state index >= 15 is 0 Å². The lowest BCUT2D eigenvalue weighted by Crippen LogP contribution is -2.17. The van der Waals surface area contributed by atoms with Crippen LogP contribution in [0.15, 0.2) is 24.3 Å². The van der Waals surface area contributed by atoms with Crippen LogP contribution in [0, 0.1) is 20.3 Å². The summed E-state index contributed by atoms with van der Waals surface area (Å²) in [5.41, 5.74) is 1.08. The van der Waals surface area contributed by atoms with E-state index in [1.165, 1.54) is 0 Å². The molecule has 1 saturated carbocycles. The third-order valence-electron chi connectivity index (χ3n) is 4.38. The first-order chi connectivity index (χ1) is 7.76. The van der Waals surface area contributed by atoms with Crippen molar-refractivity contribution in [1.29, 1.82) is 0 Å². The Bertz CT molecular complexity index is 451. The van der Waals surface area contributed by atoms with Gasteiger partial charge in [-0.3, -0.25) is 4.79 Å². The quantitative estimate of drug-likeness (QED) is 0.811. The lowest BCUT2D eigenvalue weighted by atomic mass is 10.0. The van der Waals surface area contributed by atoms with Gasteiger partial charge in [0.05, 0.1) is 0 Å². The van der Waals surface area contributed by atoms with E-state index in [0.29, 0.717) is 0 Å². The van der Waals surface area contributed by atoms with E-state index in [-0.39, 0.29) is 22.7 Å². The summed E-state index contributed by atoms with van der Waals surface area (Å²) >= 11 is 2.25. The van der Waals surface area contributed by atoms with Crippen LogP contribution in [0.25, 0.3) is 0 Å². The zero-order chi connectivity index (χ0) is 12.8. The van der Waals surface area contributed by atoms with Gasteiger partial charge in [0.15, 0.2) is 0 Å². The van der Waals surface area contributed by atoms with Crippen LogP contribution >= 0.6 is 22.6 Å². The van der Waals surface area contributed by atoms with Gasteiger partial charge in [-0.15, -0.1) is 0 Å². The molecular weight excluding hydrogens is 325 g/mol. The molecule has 0 saturated heterocycles. The lowest BCUT2D eigenvalue weighted by molar-refractivity contribution is -0.118. The number of carbonyl (C=O) groups excluding carboxylic acids is 1. The zero-order valence-corrected chi connectivity index (χ0v) is 12.8. The Balaban J connectivity index is 2.10. The van der Waals surface area contributed by atoms with Crippen molar-refractivity contribution >= 4 is 34.2 Å². The topological polar surface area (TPSA) is 29.1 Å². The van der Waals surface area contributed by atoms with Crippen molar-refractivity contribution in [2.75, 3.05) is 5.32 Å². The van der Waals surface area contributed by atoms with Gasteiger partial charge in [0.25, 0.3) is 0 Å². The minimum atomic E-state index is 0.0962. The second kappa shape index (κ2) is 3.97. The molecule has 0 aliphatic heterocycles. The number of halogens is 1. The van der Waals surface area contributed by atoms with Crippen LogP contribution in [0.3, 0.4) is 0 Å². The number of nitrogens with one attached hydrogen (secondary N) is 1. The number of carbonyl (C=O) groups is 1. The Hall–Kier alpha value is -0.580. The average Bonchev–Trinajstić information content (AvgIpc) is 2.56. The molecule has 2 nitrogen and oxygen atoms in total. The number of anilines is 1. The van der Waals surface area contributed by atoms with Gasteiger partial charge in [-0.25, -0.2) is 0 Å². The Morgan fingerprint density at radius 1 is 1.24 bits per heavy atom. The normalized spacial score (nSPS) is 21.0. The minimum absolute atomic E-state index is 0.0962. The van der Waals surface area contributed by atoms with Crippen LogP contribution in [0.1, 0.15) is 27.7 Å². The predicted octanol–water partition coefficient (Wildman–Crippen LogP) is 3.91. The molecule has 1 aliphatic rings. The molecule has 0 spiro atoms. The molecule has 92 valence electrons. The number of rotatable bonds is 2. The molecule has 3 heteroatoms. The first kappa shape index (κ1) is 12.9. The first-order valence-electron chi connectivity index (χ1n) is 5.83. The Morgan fingerprint density at radius 2 is 1.82 bits per heavy atom. The van der Waals surface area contributed by atoms with Gasteiger partial charge in [-0.05, 0) is 51.6 Å². The van der Waals surface area contributed by atoms with Gasteiger partial charge in [-0.1, -0.05) is 33.8 Å². The Labute approximate surface area is 116 Å². The zero-order valence-electron chi connectivity index (χ0n) is 10.7. The molecule has 1 N–H and O–H groups in total. The summed E-state index contributed by atoms with van der Waals surface area (Å²) in [6, 6.07) is 7.89. The molecule has 0 aromatic heterocycles. The van der Waals surface area contributed by atoms with E-state index in [1.807, 2.05) is 24.3 Å². The molecule has 2 rings (SSSR count). The summed E-state index contributed by atoms with van der Waals surface area (Å²) in [7, 11) is 0. The molecule has 1 aliphatic carbocycles. The maximum absolute atomic E-state index is 12.2. The molecule has 0 unspecified atom stereocenters. The van der Waals surface area contributed by atoms with Crippen LogP contribution in [0.5, 0.6) is 0 Å². The summed E-state index contributed by atoms with van der Waals surface area (Å²) in [4.78, 5) is 12.2. The third kappa shape index (κ3) is 2.09. The van der Waals surface area contributed by atoms with E-state index in [9.17, 15) is 4.79 Å². The fourth-order valence-corrected chi connectivity index (χ4v) is 3.18. The van der Waals surface area contributed by atoms with Gasteiger partial charge < -0.3 is 5.32 Å². The SMILES string of the molecule is CC1(C)C(C(=O)Nc2cccc(I)c2)C1(C)C. The number of hydrogen-bond acceptors (Lipinski definition) is 1. The lowest BCUT2D eigenvalue weighted by Gasteiger charge is -2.06. The second-order valence-electron chi connectivity index (χ2n) is 5.88. The van der Waals surface area contributed by atoms with Crippen molar-refractivity contribution in [2.24, 2.45) is 16.7 Å². The molecule has 0 heterocycles.